The van der Waals surface area contributed by atoms with Crippen molar-refractivity contribution in [3.05, 3.63) is 22.2 Å². The lowest BCUT2D eigenvalue weighted by molar-refractivity contribution is -0.000160. The van der Waals surface area contributed by atoms with Gasteiger partial charge in [0.05, 0.1) is 10.6 Å². The van der Waals surface area contributed by atoms with Crippen LogP contribution in [0.25, 0.3) is 0 Å². The van der Waals surface area contributed by atoms with E-state index in [2.05, 4.69) is 15.9 Å². The lowest BCUT2D eigenvalue weighted by Gasteiger charge is -2.30. The fourth-order valence-electron chi connectivity index (χ4n) is 2.44. The molecule has 2 heterocycles. The minimum atomic E-state index is -0.0501. The molecule has 2 unspecified atom stereocenters. The Hall–Kier alpha value is -0.780. The van der Waals surface area contributed by atoms with Crippen LogP contribution in [0, 0.1) is 0 Å². The number of benzene rings is 1. The van der Waals surface area contributed by atoms with Crippen molar-refractivity contribution in [2.24, 2.45) is 5.73 Å². The molecule has 0 amide bonds. The first-order valence-corrected chi connectivity index (χ1v) is 7.01. The number of nitrogens with two attached hydrogens (primary N) is 1. The van der Waals surface area contributed by atoms with E-state index < -0.39 is 0 Å². The monoisotopic (exact) mass is 313 g/mol. The highest BCUT2D eigenvalue weighted by atomic mass is 79.9. The number of rotatable bonds is 1. The van der Waals surface area contributed by atoms with E-state index >= 15 is 0 Å². The third kappa shape index (κ3) is 2.22. The number of hydrogen-bond acceptors (Lipinski definition) is 4. The standard InChI is InChI=1S/C13H16BrNO3/c14-9-6-8(12-10(15)2-1-3-17-12)7-11-13(9)18-5-4-16-11/h6-7,10,12H,1-5,15H2. The van der Waals surface area contributed by atoms with Crippen molar-refractivity contribution in [3.8, 4) is 11.5 Å². The van der Waals surface area contributed by atoms with Crippen molar-refractivity contribution >= 4 is 15.9 Å². The van der Waals surface area contributed by atoms with E-state index in [0.29, 0.717) is 13.2 Å². The second-order valence-corrected chi connectivity index (χ2v) is 5.48. The number of hydrogen-bond donors (Lipinski definition) is 1. The van der Waals surface area contributed by atoms with Gasteiger partial charge in [0.1, 0.15) is 13.2 Å². The Kier molecular flexibility index (Phi) is 3.46. The first kappa shape index (κ1) is 12.3. The van der Waals surface area contributed by atoms with E-state index in [1.807, 2.05) is 12.1 Å². The van der Waals surface area contributed by atoms with Gasteiger partial charge in [-0.1, -0.05) is 0 Å². The first-order valence-electron chi connectivity index (χ1n) is 6.22. The zero-order valence-electron chi connectivity index (χ0n) is 10.0. The van der Waals surface area contributed by atoms with E-state index in [0.717, 1.165) is 41.0 Å². The van der Waals surface area contributed by atoms with Gasteiger partial charge in [0.25, 0.3) is 0 Å². The average Bonchev–Trinajstić information content (AvgIpc) is 2.39. The summed E-state index contributed by atoms with van der Waals surface area (Å²) in [4.78, 5) is 0. The van der Waals surface area contributed by atoms with E-state index in [9.17, 15) is 0 Å². The molecule has 0 bridgehead atoms. The first-order chi connectivity index (χ1) is 8.75. The molecule has 1 aromatic rings. The Balaban J connectivity index is 1.94. The summed E-state index contributed by atoms with van der Waals surface area (Å²) in [6, 6.07) is 4.05. The molecule has 2 aliphatic heterocycles. The van der Waals surface area contributed by atoms with Crippen molar-refractivity contribution in [3.63, 3.8) is 0 Å². The summed E-state index contributed by atoms with van der Waals surface area (Å²) in [5.74, 6) is 1.54. The molecular weight excluding hydrogens is 298 g/mol. The second-order valence-electron chi connectivity index (χ2n) is 4.62. The SMILES string of the molecule is NC1CCCOC1c1cc(Br)c2c(c1)OCCO2. The molecule has 3 rings (SSSR count). The molecule has 2 N–H and O–H groups in total. The molecule has 18 heavy (non-hydrogen) atoms. The van der Waals surface area contributed by atoms with Crippen molar-refractivity contribution < 1.29 is 14.2 Å². The van der Waals surface area contributed by atoms with Crippen LogP contribution in [0.4, 0.5) is 0 Å². The van der Waals surface area contributed by atoms with Crippen molar-refractivity contribution in [1.82, 2.24) is 0 Å². The van der Waals surface area contributed by atoms with Gasteiger partial charge in [0.15, 0.2) is 11.5 Å². The molecule has 0 radical (unpaired) electrons. The zero-order chi connectivity index (χ0) is 12.5. The molecule has 2 atom stereocenters. The molecule has 98 valence electrons. The third-order valence-electron chi connectivity index (χ3n) is 3.32. The van der Waals surface area contributed by atoms with Crippen LogP contribution >= 0.6 is 15.9 Å². The highest BCUT2D eigenvalue weighted by Gasteiger charge is 2.27. The molecular formula is C13H16BrNO3. The topological polar surface area (TPSA) is 53.7 Å². The maximum absolute atomic E-state index is 6.12. The van der Waals surface area contributed by atoms with E-state index in [-0.39, 0.29) is 12.1 Å². The number of fused-ring (bicyclic) bond motifs is 1. The van der Waals surface area contributed by atoms with Crippen LogP contribution in [0.5, 0.6) is 11.5 Å². The van der Waals surface area contributed by atoms with Gasteiger partial charge in [-0.3, -0.25) is 0 Å². The van der Waals surface area contributed by atoms with Crippen LogP contribution in [-0.2, 0) is 4.74 Å². The molecule has 0 aromatic heterocycles. The smallest absolute Gasteiger partial charge is 0.175 e. The van der Waals surface area contributed by atoms with Crippen molar-refractivity contribution in [2.75, 3.05) is 19.8 Å². The summed E-state index contributed by atoms with van der Waals surface area (Å²) in [6.45, 7) is 1.94. The Bertz CT molecular complexity index is 452. The van der Waals surface area contributed by atoms with Crippen LogP contribution < -0.4 is 15.2 Å². The summed E-state index contributed by atoms with van der Waals surface area (Å²) < 4.78 is 17.9. The third-order valence-corrected chi connectivity index (χ3v) is 3.90. The fourth-order valence-corrected chi connectivity index (χ4v) is 3.02. The molecule has 5 heteroatoms. The largest absolute Gasteiger partial charge is 0.486 e. The van der Waals surface area contributed by atoms with Gasteiger partial charge in [0.2, 0.25) is 0 Å². The summed E-state index contributed by atoms with van der Waals surface area (Å²) in [6.07, 6.45) is 1.98. The van der Waals surface area contributed by atoms with Crippen LogP contribution in [0.15, 0.2) is 16.6 Å². The molecule has 1 fully saturated rings. The molecule has 2 aliphatic rings. The Morgan fingerprint density at radius 3 is 2.83 bits per heavy atom. The predicted molar refractivity (Wildman–Crippen MR) is 71.0 cm³/mol. The molecule has 1 saturated heterocycles. The van der Waals surface area contributed by atoms with Gasteiger partial charge in [-0.05, 0) is 46.5 Å². The van der Waals surface area contributed by atoms with Crippen molar-refractivity contribution in [1.29, 1.82) is 0 Å². The number of halogens is 1. The van der Waals surface area contributed by atoms with Gasteiger partial charge < -0.3 is 19.9 Å². The average molecular weight is 314 g/mol. The molecule has 0 saturated carbocycles. The summed E-state index contributed by atoms with van der Waals surface area (Å²) >= 11 is 3.52. The Morgan fingerprint density at radius 2 is 2.00 bits per heavy atom. The summed E-state index contributed by atoms with van der Waals surface area (Å²) in [5.41, 5.74) is 7.18. The van der Waals surface area contributed by atoms with Crippen LogP contribution in [0.1, 0.15) is 24.5 Å². The molecule has 4 nitrogen and oxygen atoms in total. The number of ether oxygens (including phenoxy) is 3. The van der Waals surface area contributed by atoms with Gasteiger partial charge in [0, 0.05) is 12.6 Å². The predicted octanol–water partition coefficient (Wildman–Crippen LogP) is 2.40. The quantitative estimate of drug-likeness (QED) is 0.865. The molecule has 0 aliphatic carbocycles. The van der Waals surface area contributed by atoms with Gasteiger partial charge in [-0.15, -0.1) is 0 Å². The van der Waals surface area contributed by atoms with Gasteiger partial charge >= 0.3 is 0 Å². The molecule has 1 aromatic carbocycles. The normalized spacial score (nSPS) is 27.0. The maximum Gasteiger partial charge on any atom is 0.175 e. The van der Waals surface area contributed by atoms with E-state index in [1.54, 1.807) is 0 Å². The Labute approximate surface area is 115 Å². The lowest BCUT2D eigenvalue weighted by atomic mass is 9.96. The highest BCUT2D eigenvalue weighted by Crippen LogP contribution is 2.41. The van der Waals surface area contributed by atoms with Gasteiger partial charge in [-0.25, -0.2) is 0 Å². The minimum Gasteiger partial charge on any atom is -0.486 e. The van der Waals surface area contributed by atoms with Crippen molar-refractivity contribution in [2.45, 2.75) is 25.0 Å². The molecule has 0 spiro atoms. The van der Waals surface area contributed by atoms with E-state index in [4.69, 9.17) is 19.9 Å². The minimum absolute atomic E-state index is 0.0493. The zero-order valence-corrected chi connectivity index (χ0v) is 11.6. The van der Waals surface area contributed by atoms with Crippen LogP contribution in [0.3, 0.4) is 0 Å². The Morgan fingerprint density at radius 1 is 1.17 bits per heavy atom. The lowest BCUT2D eigenvalue weighted by Crippen LogP contribution is -2.34. The summed E-state index contributed by atoms with van der Waals surface area (Å²) in [7, 11) is 0. The van der Waals surface area contributed by atoms with Gasteiger partial charge in [-0.2, -0.15) is 0 Å². The maximum atomic E-state index is 6.12. The summed E-state index contributed by atoms with van der Waals surface area (Å²) in [5, 5.41) is 0. The van der Waals surface area contributed by atoms with E-state index in [1.165, 1.54) is 0 Å². The van der Waals surface area contributed by atoms with Crippen LogP contribution in [0.2, 0.25) is 0 Å². The highest BCUT2D eigenvalue weighted by molar-refractivity contribution is 9.10. The second kappa shape index (κ2) is 5.07. The van der Waals surface area contributed by atoms with Crippen LogP contribution in [-0.4, -0.2) is 25.9 Å². The fraction of sp³-hybridized carbons (Fsp3) is 0.538.